The van der Waals surface area contributed by atoms with Crippen molar-refractivity contribution in [1.29, 1.82) is 0 Å². The average molecular weight is 347 g/mol. The minimum absolute atomic E-state index is 0.222. The summed E-state index contributed by atoms with van der Waals surface area (Å²) >= 11 is 6.16. The van der Waals surface area contributed by atoms with Gasteiger partial charge in [-0.1, -0.05) is 41.9 Å². The maximum Gasteiger partial charge on any atom is 0.274 e. The summed E-state index contributed by atoms with van der Waals surface area (Å²) in [5, 5.41) is 0.261. The molecule has 6 nitrogen and oxygen atoms in total. The van der Waals surface area contributed by atoms with Crippen molar-refractivity contribution < 1.29 is 9.53 Å². The molecule has 0 bridgehead atoms. The van der Waals surface area contributed by atoms with Gasteiger partial charge in [-0.05, 0) is 5.56 Å². The predicted molar refractivity (Wildman–Crippen MR) is 92.3 cm³/mol. The standard InChI is InChI=1S/C17H19ClN4O2/c1-21(12-13-5-3-2-4-6-13)16(23)15-14(18)11-19-17(20-15)22-7-9-24-10-8-22/h2-6,11H,7-10,12H2,1H3. The topological polar surface area (TPSA) is 58.6 Å². The molecule has 0 atom stereocenters. The number of aromatic nitrogens is 2. The molecule has 0 aliphatic carbocycles. The highest BCUT2D eigenvalue weighted by Crippen LogP contribution is 2.19. The lowest BCUT2D eigenvalue weighted by molar-refractivity contribution is 0.0779. The van der Waals surface area contributed by atoms with Crippen molar-refractivity contribution in [2.45, 2.75) is 6.54 Å². The van der Waals surface area contributed by atoms with Gasteiger partial charge in [0, 0.05) is 26.7 Å². The maximum absolute atomic E-state index is 12.7. The summed E-state index contributed by atoms with van der Waals surface area (Å²) < 4.78 is 5.33. The van der Waals surface area contributed by atoms with Gasteiger partial charge >= 0.3 is 0 Å². The third-order valence-electron chi connectivity index (χ3n) is 3.84. The lowest BCUT2D eigenvalue weighted by atomic mass is 10.2. The summed E-state index contributed by atoms with van der Waals surface area (Å²) in [5.41, 5.74) is 1.28. The van der Waals surface area contributed by atoms with Crippen molar-refractivity contribution in [2.75, 3.05) is 38.3 Å². The van der Waals surface area contributed by atoms with Crippen LogP contribution in [-0.4, -0.2) is 54.1 Å². The molecule has 1 aliphatic heterocycles. The number of nitrogens with zero attached hydrogens (tertiary/aromatic N) is 4. The minimum atomic E-state index is -0.222. The second-order valence-electron chi connectivity index (χ2n) is 5.61. The highest BCUT2D eigenvalue weighted by atomic mass is 35.5. The number of amides is 1. The third-order valence-corrected chi connectivity index (χ3v) is 4.11. The van der Waals surface area contributed by atoms with E-state index in [1.165, 1.54) is 6.20 Å². The third kappa shape index (κ3) is 3.83. The quantitative estimate of drug-likeness (QED) is 0.849. The number of carbonyl (C=O) groups is 1. The predicted octanol–water partition coefficient (Wildman–Crippen LogP) is 2.24. The Morgan fingerprint density at radius 3 is 2.71 bits per heavy atom. The normalized spacial score (nSPS) is 14.5. The van der Waals surface area contributed by atoms with Gasteiger partial charge in [-0.3, -0.25) is 4.79 Å². The van der Waals surface area contributed by atoms with Crippen LogP contribution in [0.5, 0.6) is 0 Å². The first kappa shape index (κ1) is 16.7. The molecule has 24 heavy (non-hydrogen) atoms. The second kappa shape index (κ2) is 7.59. The lowest BCUT2D eigenvalue weighted by Crippen LogP contribution is -2.38. The zero-order valence-electron chi connectivity index (χ0n) is 13.5. The molecule has 0 spiro atoms. The van der Waals surface area contributed by atoms with Crippen LogP contribution in [0.1, 0.15) is 16.1 Å². The molecular weight excluding hydrogens is 328 g/mol. The molecule has 126 valence electrons. The van der Waals surface area contributed by atoms with Crippen molar-refractivity contribution >= 4 is 23.5 Å². The van der Waals surface area contributed by atoms with E-state index >= 15 is 0 Å². The molecule has 1 aliphatic rings. The molecule has 1 aromatic carbocycles. The molecular formula is C17H19ClN4O2. The van der Waals surface area contributed by atoms with Gasteiger partial charge < -0.3 is 14.5 Å². The molecule has 7 heteroatoms. The number of anilines is 1. The van der Waals surface area contributed by atoms with Crippen LogP contribution in [0.3, 0.4) is 0 Å². The Morgan fingerprint density at radius 1 is 1.29 bits per heavy atom. The molecule has 0 radical (unpaired) electrons. The maximum atomic E-state index is 12.7. The number of morpholine rings is 1. The molecule has 1 saturated heterocycles. The van der Waals surface area contributed by atoms with E-state index in [4.69, 9.17) is 16.3 Å². The molecule has 0 N–H and O–H groups in total. The number of halogens is 1. The Labute approximate surface area is 146 Å². The van der Waals surface area contributed by atoms with E-state index in [1.54, 1.807) is 11.9 Å². The first-order valence-corrected chi connectivity index (χ1v) is 8.17. The minimum Gasteiger partial charge on any atom is -0.378 e. The molecule has 1 fully saturated rings. The second-order valence-corrected chi connectivity index (χ2v) is 6.02. The van der Waals surface area contributed by atoms with Gasteiger partial charge in [0.25, 0.3) is 5.91 Å². The van der Waals surface area contributed by atoms with Crippen LogP contribution in [0.4, 0.5) is 5.95 Å². The summed E-state index contributed by atoms with van der Waals surface area (Å²) in [6.45, 7) is 3.16. The van der Waals surface area contributed by atoms with Gasteiger partial charge in [0.05, 0.1) is 24.4 Å². The van der Waals surface area contributed by atoms with Gasteiger partial charge in [-0.15, -0.1) is 0 Å². The van der Waals surface area contributed by atoms with E-state index in [-0.39, 0.29) is 16.6 Å². The number of rotatable bonds is 4. The van der Waals surface area contributed by atoms with Crippen molar-refractivity contribution in [2.24, 2.45) is 0 Å². The van der Waals surface area contributed by atoms with E-state index in [0.717, 1.165) is 5.56 Å². The van der Waals surface area contributed by atoms with Crippen molar-refractivity contribution in [3.63, 3.8) is 0 Å². The Kier molecular flexibility index (Phi) is 5.27. The fraction of sp³-hybridized carbons (Fsp3) is 0.353. The van der Waals surface area contributed by atoms with E-state index in [1.807, 2.05) is 35.2 Å². The largest absolute Gasteiger partial charge is 0.378 e. The van der Waals surface area contributed by atoms with Crippen LogP contribution < -0.4 is 4.90 Å². The van der Waals surface area contributed by atoms with Gasteiger partial charge in [-0.25, -0.2) is 9.97 Å². The first-order valence-electron chi connectivity index (χ1n) is 7.80. The van der Waals surface area contributed by atoms with Crippen molar-refractivity contribution in [1.82, 2.24) is 14.9 Å². The van der Waals surface area contributed by atoms with Gasteiger partial charge in [0.1, 0.15) is 0 Å². The molecule has 3 rings (SSSR count). The smallest absolute Gasteiger partial charge is 0.274 e. The first-order chi connectivity index (χ1) is 11.6. The van der Waals surface area contributed by atoms with Gasteiger partial charge in [0.15, 0.2) is 5.69 Å². The summed E-state index contributed by atoms with van der Waals surface area (Å²) in [4.78, 5) is 25.0. The van der Waals surface area contributed by atoms with Crippen LogP contribution in [0.25, 0.3) is 0 Å². The Hall–Kier alpha value is -2.18. The summed E-state index contributed by atoms with van der Waals surface area (Å²) in [6, 6.07) is 9.79. The molecule has 1 amide bonds. The van der Waals surface area contributed by atoms with Crippen LogP contribution >= 0.6 is 11.6 Å². The SMILES string of the molecule is CN(Cc1ccccc1)C(=O)c1nc(N2CCOCC2)ncc1Cl. The monoisotopic (exact) mass is 346 g/mol. The zero-order chi connectivity index (χ0) is 16.9. The molecule has 0 saturated carbocycles. The van der Waals surface area contributed by atoms with Crippen LogP contribution in [-0.2, 0) is 11.3 Å². The fourth-order valence-electron chi connectivity index (χ4n) is 2.53. The Morgan fingerprint density at radius 2 is 2.00 bits per heavy atom. The zero-order valence-corrected chi connectivity index (χ0v) is 14.2. The summed E-state index contributed by atoms with van der Waals surface area (Å²) in [7, 11) is 1.74. The van der Waals surface area contributed by atoms with Gasteiger partial charge in [0.2, 0.25) is 5.95 Å². The lowest BCUT2D eigenvalue weighted by Gasteiger charge is -2.27. The average Bonchev–Trinajstić information content (AvgIpc) is 2.63. The number of carbonyl (C=O) groups excluding carboxylic acids is 1. The van der Waals surface area contributed by atoms with Crippen molar-refractivity contribution in [3.05, 3.63) is 52.8 Å². The van der Waals surface area contributed by atoms with Crippen LogP contribution in [0, 0.1) is 0 Å². The van der Waals surface area contributed by atoms with Crippen molar-refractivity contribution in [3.8, 4) is 0 Å². The van der Waals surface area contributed by atoms with E-state index in [0.29, 0.717) is 38.8 Å². The highest BCUT2D eigenvalue weighted by molar-refractivity contribution is 6.33. The number of benzene rings is 1. The molecule has 1 aromatic heterocycles. The molecule has 2 heterocycles. The molecule has 2 aromatic rings. The fourth-order valence-corrected chi connectivity index (χ4v) is 2.71. The summed E-state index contributed by atoms with van der Waals surface area (Å²) in [5.74, 6) is 0.292. The summed E-state index contributed by atoms with van der Waals surface area (Å²) in [6.07, 6.45) is 1.49. The van der Waals surface area contributed by atoms with E-state index in [9.17, 15) is 4.79 Å². The van der Waals surface area contributed by atoms with Crippen LogP contribution in [0.2, 0.25) is 5.02 Å². The highest BCUT2D eigenvalue weighted by Gasteiger charge is 2.21. The van der Waals surface area contributed by atoms with E-state index < -0.39 is 0 Å². The Balaban J connectivity index is 1.78. The number of hydrogen-bond donors (Lipinski definition) is 0. The number of ether oxygens (including phenoxy) is 1. The van der Waals surface area contributed by atoms with Gasteiger partial charge in [-0.2, -0.15) is 0 Å². The van der Waals surface area contributed by atoms with Crippen LogP contribution in [0.15, 0.2) is 36.5 Å². The van der Waals surface area contributed by atoms with E-state index in [2.05, 4.69) is 9.97 Å². The molecule has 0 unspecified atom stereocenters. The Bertz CT molecular complexity index is 705. The number of hydrogen-bond acceptors (Lipinski definition) is 5.